The molecule has 2 N–H and O–H groups in total. The van der Waals surface area contributed by atoms with Crippen molar-refractivity contribution in [2.45, 2.75) is 42.7 Å². The number of aliphatic hydroxyl groups excluding tert-OH is 1. The van der Waals surface area contributed by atoms with Gasteiger partial charge in [0, 0.05) is 10.5 Å². The minimum atomic E-state index is -3.56. The van der Waals surface area contributed by atoms with Crippen LogP contribution in [0.15, 0.2) is 33.6 Å². The Labute approximate surface area is 116 Å². The minimum absolute atomic E-state index is 0.217. The molecule has 2 rings (SSSR count). The fourth-order valence-electron chi connectivity index (χ4n) is 2.15. The molecule has 4 nitrogen and oxygen atoms in total. The van der Waals surface area contributed by atoms with Crippen LogP contribution >= 0.6 is 15.9 Å². The maximum absolute atomic E-state index is 12.2. The molecule has 1 saturated carbocycles. The van der Waals surface area contributed by atoms with Crippen LogP contribution in [-0.2, 0) is 10.0 Å². The third-order valence-corrected chi connectivity index (χ3v) is 5.12. The highest BCUT2D eigenvalue weighted by Crippen LogP contribution is 2.21. The lowest BCUT2D eigenvalue weighted by atomic mass is 9.93. The zero-order chi connectivity index (χ0) is 13.2. The second kappa shape index (κ2) is 5.69. The summed E-state index contributed by atoms with van der Waals surface area (Å²) in [6.07, 6.45) is 2.67. The van der Waals surface area contributed by atoms with E-state index in [2.05, 4.69) is 20.7 Å². The Balaban J connectivity index is 2.16. The maximum Gasteiger partial charge on any atom is 0.240 e. The third kappa shape index (κ3) is 3.32. The van der Waals surface area contributed by atoms with Gasteiger partial charge in [-0.05, 0) is 31.0 Å². The number of nitrogens with one attached hydrogen (secondary N) is 1. The molecule has 1 aromatic carbocycles. The number of halogens is 1. The summed E-state index contributed by atoms with van der Waals surface area (Å²) in [5, 5.41) is 9.80. The normalized spacial score (nSPS) is 25.0. The molecule has 1 aromatic rings. The van der Waals surface area contributed by atoms with E-state index in [1.54, 1.807) is 24.3 Å². The molecule has 0 bridgehead atoms. The van der Waals surface area contributed by atoms with Gasteiger partial charge in [-0.15, -0.1) is 0 Å². The molecule has 0 unspecified atom stereocenters. The quantitative estimate of drug-likeness (QED) is 0.889. The zero-order valence-corrected chi connectivity index (χ0v) is 12.2. The summed E-state index contributed by atoms with van der Waals surface area (Å²) in [5.41, 5.74) is 0. The number of benzene rings is 1. The van der Waals surface area contributed by atoms with Gasteiger partial charge >= 0.3 is 0 Å². The van der Waals surface area contributed by atoms with Crippen LogP contribution in [0.3, 0.4) is 0 Å². The molecule has 0 radical (unpaired) electrons. The number of hydrogen-bond acceptors (Lipinski definition) is 3. The van der Waals surface area contributed by atoms with E-state index in [4.69, 9.17) is 0 Å². The Kier molecular flexibility index (Phi) is 4.42. The summed E-state index contributed by atoms with van der Waals surface area (Å²) in [4.78, 5) is 0.217. The number of rotatable bonds is 3. The van der Waals surface area contributed by atoms with Crippen molar-refractivity contribution in [3.63, 3.8) is 0 Å². The Morgan fingerprint density at radius 3 is 2.67 bits per heavy atom. The van der Waals surface area contributed by atoms with Crippen LogP contribution in [0, 0.1) is 0 Å². The summed E-state index contributed by atoms with van der Waals surface area (Å²) >= 11 is 3.25. The average molecular weight is 334 g/mol. The molecule has 0 aromatic heterocycles. The monoisotopic (exact) mass is 333 g/mol. The van der Waals surface area contributed by atoms with Gasteiger partial charge in [-0.25, -0.2) is 13.1 Å². The van der Waals surface area contributed by atoms with Crippen molar-refractivity contribution in [3.8, 4) is 0 Å². The molecular formula is C12H16BrNO3S. The van der Waals surface area contributed by atoms with E-state index < -0.39 is 16.1 Å². The second-order valence-corrected chi connectivity index (χ2v) is 7.17. The van der Waals surface area contributed by atoms with Gasteiger partial charge in [0.2, 0.25) is 10.0 Å². The first kappa shape index (κ1) is 14.0. The number of sulfonamides is 1. The fourth-order valence-corrected chi connectivity index (χ4v) is 4.05. The van der Waals surface area contributed by atoms with Gasteiger partial charge < -0.3 is 5.11 Å². The maximum atomic E-state index is 12.2. The average Bonchev–Trinajstić information content (AvgIpc) is 2.32. The molecule has 0 aliphatic heterocycles. The molecule has 100 valence electrons. The third-order valence-electron chi connectivity index (χ3n) is 3.14. The largest absolute Gasteiger partial charge is 0.391 e. The van der Waals surface area contributed by atoms with Gasteiger partial charge in [-0.1, -0.05) is 34.8 Å². The molecular weight excluding hydrogens is 318 g/mol. The first-order valence-electron chi connectivity index (χ1n) is 5.95. The Morgan fingerprint density at radius 1 is 1.28 bits per heavy atom. The van der Waals surface area contributed by atoms with Gasteiger partial charge in [0.05, 0.1) is 11.0 Å². The van der Waals surface area contributed by atoms with Crippen LogP contribution in [0.4, 0.5) is 0 Å². The van der Waals surface area contributed by atoms with Crippen LogP contribution in [0.5, 0.6) is 0 Å². The molecule has 0 heterocycles. The molecule has 18 heavy (non-hydrogen) atoms. The first-order chi connectivity index (χ1) is 8.49. The molecule has 2 atom stereocenters. The summed E-state index contributed by atoms with van der Waals surface area (Å²) in [6.45, 7) is 0. The highest BCUT2D eigenvalue weighted by Gasteiger charge is 2.28. The van der Waals surface area contributed by atoms with E-state index >= 15 is 0 Å². The predicted molar refractivity (Wildman–Crippen MR) is 72.7 cm³/mol. The van der Waals surface area contributed by atoms with Crippen molar-refractivity contribution < 1.29 is 13.5 Å². The molecule has 1 aliphatic carbocycles. The lowest BCUT2D eigenvalue weighted by Gasteiger charge is -2.28. The van der Waals surface area contributed by atoms with Crippen molar-refractivity contribution in [2.75, 3.05) is 0 Å². The molecule has 1 aliphatic rings. The lowest BCUT2D eigenvalue weighted by molar-refractivity contribution is 0.101. The van der Waals surface area contributed by atoms with Crippen LogP contribution < -0.4 is 4.72 Å². The van der Waals surface area contributed by atoms with E-state index in [0.29, 0.717) is 12.8 Å². The predicted octanol–water partition coefficient (Wildman–Crippen LogP) is 2.03. The van der Waals surface area contributed by atoms with Crippen molar-refractivity contribution in [1.29, 1.82) is 0 Å². The van der Waals surface area contributed by atoms with E-state index in [9.17, 15) is 13.5 Å². The minimum Gasteiger partial charge on any atom is -0.391 e. The van der Waals surface area contributed by atoms with Crippen molar-refractivity contribution in [2.24, 2.45) is 0 Å². The second-order valence-electron chi connectivity index (χ2n) is 4.54. The van der Waals surface area contributed by atoms with E-state index in [1.165, 1.54) is 0 Å². The lowest BCUT2D eigenvalue weighted by Crippen LogP contribution is -2.44. The molecule has 0 saturated heterocycles. The van der Waals surface area contributed by atoms with E-state index in [-0.39, 0.29) is 10.9 Å². The zero-order valence-electron chi connectivity index (χ0n) is 9.84. The van der Waals surface area contributed by atoms with Crippen molar-refractivity contribution >= 4 is 26.0 Å². The van der Waals surface area contributed by atoms with Crippen molar-refractivity contribution in [1.82, 2.24) is 4.72 Å². The topological polar surface area (TPSA) is 66.4 Å². The van der Waals surface area contributed by atoms with E-state index in [1.807, 2.05) is 0 Å². The SMILES string of the molecule is O=S(=O)(N[C@@H]1CCCC[C@H]1O)c1cccc(Br)c1. The standard InChI is InChI=1S/C12H16BrNO3S/c13-9-4-3-5-10(8-9)18(16,17)14-11-6-1-2-7-12(11)15/h3-5,8,11-12,14-15H,1-2,6-7H2/t11-,12-/m1/s1. The van der Waals surface area contributed by atoms with Gasteiger partial charge in [0.25, 0.3) is 0 Å². The summed E-state index contributed by atoms with van der Waals surface area (Å²) in [6, 6.07) is 6.17. The van der Waals surface area contributed by atoms with Crippen LogP contribution in [-0.4, -0.2) is 25.7 Å². The van der Waals surface area contributed by atoms with Gasteiger partial charge in [-0.2, -0.15) is 0 Å². The van der Waals surface area contributed by atoms with E-state index in [0.717, 1.165) is 17.3 Å². The summed E-state index contributed by atoms with van der Waals surface area (Å²) in [7, 11) is -3.56. The summed E-state index contributed by atoms with van der Waals surface area (Å²) < 4.78 is 27.6. The van der Waals surface area contributed by atoms with Crippen LogP contribution in [0.25, 0.3) is 0 Å². The summed E-state index contributed by atoms with van der Waals surface area (Å²) in [5.74, 6) is 0. The van der Waals surface area contributed by atoms with Gasteiger partial charge in [0.15, 0.2) is 0 Å². The fraction of sp³-hybridized carbons (Fsp3) is 0.500. The highest BCUT2D eigenvalue weighted by molar-refractivity contribution is 9.10. The van der Waals surface area contributed by atoms with Crippen LogP contribution in [0.1, 0.15) is 25.7 Å². The molecule has 1 fully saturated rings. The number of hydrogen-bond donors (Lipinski definition) is 2. The Hall–Kier alpha value is -0.430. The molecule has 0 amide bonds. The highest BCUT2D eigenvalue weighted by atomic mass is 79.9. The van der Waals surface area contributed by atoms with Crippen LogP contribution in [0.2, 0.25) is 0 Å². The Bertz CT molecular complexity index is 518. The molecule has 0 spiro atoms. The first-order valence-corrected chi connectivity index (χ1v) is 8.22. The van der Waals surface area contributed by atoms with Gasteiger partial charge in [0.1, 0.15) is 0 Å². The molecule has 6 heteroatoms. The number of aliphatic hydroxyl groups is 1. The Morgan fingerprint density at radius 2 is 2.00 bits per heavy atom. The van der Waals surface area contributed by atoms with Gasteiger partial charge in [-0.3, -0.25) is 0 Å². The smallest absolute Gasteiger partial charge is 0.240 e. The van der Waals surface area contributed by atoms with Crippen molar-refractivity contribution in [3.05, 3.63) is 28.7 Å².